The van der Waals surface area contributed by atoms with E-state index in [0.717, 1.165) is 4.90 Å². The van der Waals surface area contributed by atoms with E-state index in [1.807, 2.05) is 24.5 Å². The summed E-state index contributed by atoms with van der Waals surface area (Å²) in [5, 5.41) is 10.9. The van der Waals surface area contributed by atoms with Gasteiger partial charge < -0.3 is 10.2 Å². The summed E-state index contributed by atoms with van der Waals surface area (Å²) >= 11 is 1.54. The molecule has 0 aliphatic rings. The Kier molecular flexibility index (Phi) is 4.44. The summed E-state index contributed by atoms with van der Waals surface area (Å²) in [6.45, 7) is 0. The van der Waals surface area contributed by atoms with Crippen LogP contribution in [0.4, 0.5) is 11.4 Å². The van der Waals surface area contributed by atoms with Crippen LogP contribution in [0.25, 0.3) is 0 Å². The Labute approximate surface area is 120 Å². The van der Waals surface area contributed by atoms with Crippen LogP contribution in [0.1, 0.15) is 0 Å². The van der Waals surface area contributed by atoms with Gasteiger partial charge in [0.2, 0.25) is 0 Å². The Balaban J connectivity index is 2.37. The number of non-ortho nitro benzene ring substituents is 1. The van der Waals surface area contributed by atoms with Crippen molar-refractivity contribution >= 4 is 23.1 Å². The molecule has 7 heteroatoms. The molecule has 104 valence electrons. The molecule has 0 radical (unpaired) electrons. The Bertz CT molecular complexity index is 634. The summed E-state index contributed by atoms with van der Waals surface area (Å²) in [6.07, 6.45) is 1.93. The van der Waals surface area contributed by atoms with Crippen LogP contribution in [0.15, 0.2) is 47.4 Å². The number of ether oxygens (including phenoxy) is 1. The average molecular weight is 291 g/mol. The van der Waals surface area contributed by atoms with Crippen LogP contribution in [-0.2, 0) is 0 Å². The van der Waals surface area contributed by atoms with Crippen molar-refractivity contribution in [2.75, 3.05) is 11.7 Å². The molecule has 0 bridgehead atoms. The fourth-order valence-electron chi connectivity index (χ4n) is 1.66. The molecule has 6 nitrogen and oxygen atoms in total. The lowest BCUT2D eigenvalue weighted by Crippen LogP contribution is -2.07. The number of nitro benzene ring substituents is 1. The molecule has 0 atom stereocenters. The predicted octanol–water partition coefficient (Wildman–Crippen LogP) is 3.39. The molecule has 0 aromatic heterocycles. The first-order chi connectivity index (χ1) is 9.63. The van der Waals surface area contributed by atoms with E-state index in [1.165, 1.54) is 23.9 Å². The number of benzene rings is 2. The van der Waals surface area contributed by atoms with E-state index in [0.29, 0.717) is 17.2 Å². The quantitative estimate of drug-likeness (QED) is 0.380. The van der Waals surface area contributed by atoms with Gasteiger partial charge in [0, 0.05) is 17.0 Å². The zero-order valence-corrected chi connectivity index (χ0v) is 11.5. The van der Waals surface area contributed by atoms with Crippen molar-refractivity contribution < 1.29 is 9.66 Å². The third-order valence-electron chi connectivity index (χ3n) is 2.57. The topological polar surface area (TPSA) is 90.4 Å². The first-order valence-electron chi connectivity index (χ1n) is 5.71. The molecule has 2 aromatic carbocycles. The van der Waals surface area contributed by atoms with E-state index in [1.54, 1.807) is 12.1 Å². The smallest absolute Gasteiger partial charge is 0.275 e. The van der Waals surface area contributed by atoms with E-state index < -0.39 is 4.92 Å². The maximum absolute atomic E-state index is 10.9. The molecule has 0 aliphatic carbocycles. The lowest BCUT2D eigenvalue weighted by Gasteiger charge is -2.10. The third kappa shape index (κ3) is 3.19. The summed E-state index contributed by atoms with van der Waals surface area (Å²) in [6, 6.07) is 11.8. The van der Waals surface area contributed by atoms with Crippen LogP contribution in [0.5, 0.6) is 11.5 Å². The molecule has 2 rings (SSSR count). The number of para-hydroxylation sites is 1. The molecule has 2 aromatic rings. The van der Waals surface area contributed by atoms with E-state index in [9.17, 15) is 10.1 Å². The molecular formula is C13H13N3O3S. The number of anilines is 1. The Hall–Kier alpha value is -2.25. The highest BCUT2D eigenvalue weighted by Gasteiger charge is 2.12. The summed E-state index contributed by atoms with van der Waals surface area (Å²) in [5.74, 6) is 6.30. The van der Waals surface area contributed by atoms with Gasteiger partial charge in [0.15, 0.2) is 0 Å². The van der Waals surface area contributed by atoms with Crippen molar-refractivity contribution in [1.29, 1.82) is 0 Å². The van der Waals surface area contributed by atoms with E-state index >= 15 is 0 Å². The van der Waals surface area contributed by atoms with Crippen LogP contribution in [0.3, 0.4) is 0 Å². The molecule has 0 amide bonds. The Morgan fingerprint density at radius 1 is 1.30 bits per heavy atom. The van der Waals surface area contributed by atoms with Gasteiger partial charge in [-0.15, -0.1) is 11.8 Å². The molecule has 3 N–H and O–H groups in total. The lowest BCUT2D eigenvalue weighted by atomic mass is 10.2. The van der Waals surface area contributed by atoms with Crippen LogP contribution in [0.2, 0.25) is 0 Å². The standard InChI is InChI=1S/C13H13N3O3S/c1-20-13-5-3-2-4-12(13)19-11-7-9(15-14)6-10(8-11)16(17)18/h2-8,15H,14H2,1H3. The van der Waals surface area contributed by atoms with Crippen LogP contribution in [-0.4, -0.2) is 11.2 Å². The van der Waals surface area contributed by atoms with Gasteiger partial charge in [-0.2, -0.15) is 0 Å². The van der Waals surface area contributed by atoms with E-state index in [2.05, 4.69) is 5.43 Å². The number of nitrogens with one attached hydrogen (secondary N) is 1. The second-order valence-electron chi connectivity index (χ2n) is 3.87. The first kappa shape index (κ1) is 14.2. The number of nitrogens with two attached hydrogens (primary N) is 1. The number of hydrogen-bond acceptors (Lipinski definition) is 6. The third-order valence-corrected chi connectivity index (χ3v) is 3.34. The van der Waals surface area contributed by atoms with Gasteiger partial charge in [0.1, 0.15) is 11.5 Å². The highest BCUT2D eigenvalue weighted by Crippen LogP contribution is 2.34. The van der Waals surface area contributed by atoms with Gasteiger partial charge >= 0.3 is 0 Å². The van der Waals surface area contributed by atoms with Gasteiger partial charge in [-0.05, 0) is 18.4 Å². The van der Waals surface area contributed by atoms with Gasteiger partial charge in [0.05, 0.1) is 16.7 Å². The molecule has 0 aliphatic heterocycles. The van der Waals surface area contributed by atoms with Gasteiger partial charge in [-0.1, -0.05) is 12.1 Å². The first-order valence-corrected chi connectivity index (χ1v) is 6.93. The highest BCUT2D eigenvalue weighted by atomic mass is 32.2. The molecule has 0 saturated carbocycles. The fourth-order valence-corrected chi connectivity index (χ4v) is 2.19. The summed E-state index contributed by atoms with van der Waals surface area (Å²) in [4.78, 5) is 11.3. The molecule has 0 unspecified atom stereocenters. The summed E-state index contributed by atoms with van der Waals surface area (Å²) in [7, 11) is 0. The molecule has 0 spiro atoms. The molecule has 20 heavy (non-hydrogen) atoms. The van der Waals surface area contributed by atoms with E-state index in [4.69, 9.17) is 10.6 Å². The van der Waals surface area contributed by atoms with Crippen molar-refractivity contribution in [1.82, 2.24) is 0 Å². The van der Waals surface area contributed by atoms with Crippen molar-refractivity contribution in [3.8, 4) is 11.5 Å². The number of nitrogens with zero attached hydrogens (tertiary/aromatic N) is 1. The second-order valence-corrected chi connectivity index (χ2v) is 4.72. The van der Waals surface area contributed by atoms with Crippen molar-refractivity contribution in [3.05, 3.63) is 52.6 Å². The van der Waals surface area contributed by atoms with Crippen molar-refractivity contribution in [2.45, 2.75) is 4.90 Å². The minimum absolute atomic E-state index is 0.0860. The zero-order valence-electron chi connectivity index (χ0n) is 10.7. The largest absolute Gasteiger partial charge is 0.456 e. The summed E-state index contributed by atoms with van der Waals surface area (Å²) in [5.41, 5.74) is 2.71. The monoisotopic (exact) mass is 291 g/mol. The SMILES string of the molecule is CSc1ccccc1Oc1cc(NN)cc([N+](=O)[O-])c1. The molecule has 0 saturated heterocycles. The van der Waals surface area contributed by atoms with Crippen LogP contribution < -0.4 is 16.0 Å². The number of nitro groups is 1. The number of hydrogen-bond donors (Lipinski definition) is 2. The zero-order chi connectivity index (χ0) is 14.5. The lowest BCUT2D eigenvalue weighted by molar-refractivity contribution is -0.384. The van der Waals surface area contributed by atoms with Crippen LogP contribution >= 0.6 is 11.8 Å². The van der Waals surface area contributed by atoms with E-state index in [-0.39, 0.29) is 5.69 Å². The Morgan fingerprint density at radius 3 is 2.70 bits per heavy atom. The Morgan fingerprint density at radius 2 is 2.05 bits per heavy atom. The van der Waals surface area contributed by atoms with Gasteiger partial charge in [0.25, 0.3) is 5.69 Å². The van der Waals surface area contributed by atoms with Gasteiger partial charge in [-0.3, -0.25) is 16.0 Å². The molecular weight excluding hydrogens is 278 g/mol. The van der Waals surface area contributed by atoms with Crippen molar-refractivity contribution in [2.24, 2.45) is 5.84 Å². The number of thioether (sulfide) groups is 1. The second kappa shape index (κ2) is 6.27. The molecule has 0 fully saturated rings. The van der Waals surface area contributed by atoms with Crippen LogP contribution in [0, 0.1) is 10.1 Å². The van der Waals surface area contributed by atoms with Gasteiger partial charge in [-0.25, -0.2) is 0 Å². The fraction of sp³-hybridized carbons (Fsp3) is 0.0769. The number of rotatable bonds is 5. The minimum Gasteiger partial charge on any atom is -0.456 e. The summed E-state index contributed by atoms with van der Waals surface area (Å²) < 4.78 is 5.71. The average Bonchev–Trinajstić information content (AvgIpc) is 2.47. The minimum atomic E-state index is -0.492. The maximum Gasteiger partial charge on any atom is 0.275 e. The normalized spacial score (nSPS) is 10.1. The molecule has 0 heterocycles. The number of nitrogen functional groups attached to an aromatic ring is 1. The highest BCUT2D eigenvalue weighted by molar-refractivity contribution is 7.98. The number of hydrazine groups is 1. The predicted molar refractivity (Wildman–Crippen MR) is 79.2 cm³/mol. The van der Waals surface area contributed by atoms with Crippen molar-refractivity contribution in [3.63, 3.8) is 0 Å². The maximum atomic E-state index is 10.9.